The molecular formula is C66H42N2. The van der Waals surface area contributed by atoms with Crippen molar-refractivity contribution < 1.29 is 0 Å². The van der Waals surface area contributed by atoms with E-state index >= 15 is 0 Å². The first-order valence-corrected chi connectivity index (χ1v) is 24.1. The maximum atomic E-state index is 2.55. The topological polar surface area (TPSA) is 9.34 Å². The zero-order valence-electron chi connectivity index (χ0n) is 37.7. The van der Waals surface area contributed by atoms with Gasteiger partial charge < -0.3 is 8.97 Å². The van der Waals surface area contributed by atoms with E-state index in [4.69, 9.17) is 0 Å². The van der Waals surface area contributed by atoms with E-state index in [2.05, 4.69) is 229 Å². The summed E-state index contributed by atoms with van der Waals surface area (Å²) in [5.74, 6) is 0. The summed E-state index contributed by atoms with van der Waals surface area (Å²) in [5, 5.41) is 12.9. The Morgan fingerprint density at radius 2 is 0.897 bits per heavy atom. The van der Waals surface area contributed by atoms with E-state index in [0.717, 1.165) is 6.42 Å². The van der Waals surface area contributed by atoms with Crippen LogP contribution in [-0.4, -0.2) is 8.97 Å². The second-order valence-corrected chi connectivity index (χ2v) is 19.9. The first-order chi connectivity index (χ1) is 33.5. The Bertz CT molecular complexity index is 4550. The Hall–Kier alpha value is -8.46. The summed E-state index contributed by atoms with van der Waals surface area (Å²) in [5.41, 5.74) is 23.4. The lowest BCUT2D eigenvalue weighted by atomic mass is 9.76. The van der Waals surface area contributed by atoms with Crippen molar-refractivity contribution in [2.45, 2.75) is 25.7 Å². The van der Waals surface area contributed by atoms with Gasteiger partial charge in [0.15, 0.2) is 0 Å². The third-order valence-corrected chi connectivity index (χ3v) is 16.3. The summed E-state index contributed by atoms with van der Waals surface area (Å²) >= 11 is 0. The van der Waals surface area contributed by atoms with Crippen molar-refractivity contribution in [1.29, 1.82) is 0 Å². The van der Waals surface area contributed by atoms with Crippen molar-refractivity contribution >= 4 is 81.4 Å². The third-order valence-electron chi connectivity index (χ3n) is 16.3. The van der Waals surface area contributed by atoms with Crippen LogP contribution in [0, 0.1) is 0 Å². The van der Waals surface area contributed by atoms with Gasteiger partial charge in [0.05, 0.1) is 33.3 Å². The number of benzene rings is 11. The average molecular weight is 863 g/mol. The van der Waals surface area contributed by atoms with Crippen LogP contribution < -0.4 is 0 Å². The summed E-state index contributed by atoms with van der Waals surface area (Å²) in [6.07, 6.45) is 0.872. The average Bonchev–Trinajstić information content (AvgIpc) is 4.09. The van der Waals surface area contributed by atoms with Crippen LogP contribution in [0.3, 0.4) is 0 Å². The molecule has 316 valence electrons. The van der Waals surface area contributed by atoms with Gasteiger partial charge in [-0.25, -0.2) is 0 Å². The molecule has 2 aliphatic rings. The molecule has 0 saturated carbocycles. The van der Waals surface area contributed by atoms with Crippen LogP contribution in [0.1, 0.15) is 36.1 Å². The predicted molar refractivity (Wildman–Crippen MR) is 287 cm³/mol. The standard InChI is InChI=1S/C66H42N2/c1-66(2)56-31-6-3-17-42(56)48-26-12-29-51(63(48)66)61-46-23-10-20-39(40-22-14-34-59-55(40)36-38-16-9-27-49-43-18-4-7-32-57(43)67(59)64(38)49)53(46)37-54-41(21-11-24-47(54)61)45-25-15-35-60-62(45)52-30-13-28-50-44-19-5-8-33-58(44)68(60)65(50)52/h3-35,37H,36H2,1-2H3. The predicted octanol–water partition coefficient (Wildman–Crippen LogP) is 17.5. The lowest BCUT2D eigenvalue weighted by Crippen LogP contribution is -2.16. The largest absolute Gasteiger partial charge is 0.309 e. The molecule has 0 amide bonds. The molecule has 0 bridgehead atoms. The smallest absolute Gasteiger partial charge is 0.0620 e. The summed E-state index contributed by atoms with van der Waals surface area (Å²) in [6, 6.07) is 78.3. The van der Waals surface area contributed by atoms with Gasteiger partial charge in [-0.05, 0) is 119 Å². The van der Waals surface area contributed by atoms with Crippen LogP contribution in [0.25, 0.3) is 132 Å². The fourth-order valence-electron chi connectivity index (χ4n) is 13.6. The molecule has 1 aliphatic carbocycles. The van der Waals surface area contributed by atoms with E-state index in [9.17, 15) is 0 Å². The first-order valence-electron chi connectivity index (χ1n) is 24.1. The van der Waals surface area contributed by atoms with E-state index in [-0.39, 0.29) is 5.41 Å². The Morgan fingerprint density at radius 3 is 1.74 bits per heavy atom. The molecule has 14 aromatic rings. The lowest BCUT2D eigenvalue weighted by Gasteiger charge is -2.27. The molecule has 0 fully saturated rings. The zero-order valence-corrected chi connectivity index (χ0v) is 37.7. The molecule has 0 saturated heterocycles. The molecule has 2 heteroatoms. The van der Waals surface area contributed by atoms with Crippen LogP contribution in [-0.2, 0) is 11.8 Å². The van der Waals surface area contributed by atoms with E-state index < -0.39 is 0 Å². The Morgan fingerprint density at radius 1 is 0.368 bits per heavy atom. The SMILES string of the molecule is CC1(C)c2ccccc2-c2cccc(-c3c4cccc(-c5cccc6c5Cc5cccc7c8ccccc8n-6c57)c4cc4c(-c5cccc6c5c5cccc7c8ccccc8n6c75)cccc34)c21. The molecule has 0 spiro atoms. The maximum Gasteiger partial charge on any atom is 0.0620 e. The van der Waals surface area contributed by atoms with E-state index in [1.807, 2.05) is 0 Å². The van der Waals surface area contributed by atoms with Crippen LogP contribution in [0.15, 0.2) is 206 Å². The van der Waals surface area contributed by atoms with E-state index in [0.29, 0.717) is 0 Å². The van der Waals surface area contributed by atoms with Gasteiger partial charge >= 0.3 is 0 Å². The first kappa shape index (κ1) is 36.7. The highest BCUT2D eigenvalue weighted by Gasteiger charge is 2.38. The molecule has 68 heavy (non-hydrogen) atoms. The van der Waals surface area contributed by atoms with Gasteiger partial charge in [-0.1, -0.05) is 190 Å². The van der Waals surface area contributed by atoms with Gasteiger partial charge in [0.1, 0.15) is 0 Å². The molecule has 11 aromatic carbocycles. The normalized spacial score (nSPS) is 13.8. The van der Waals surface area contributed by atoms with Crippen molar-refractivity contribution in [1.82, 2.24) is 8.97 Å². The molecule has 4 heterocycles. The van der Waals surface area contributed by atoms with Crippen molar-refractivity contribution in [2.24, 2.45) is 0 Å². The fourth-order valence-corrected chi connectivity index (χ4v) is 13.6. The Labute approximate surface area is 392 Å². The molecule has 0 radical (unpaired) electrons. The summed E-state index contributed by atoms with van der Waals surface area (Å²) in [6.45, 7) is 4.85. The lowest BCUT2D eigenvalue weighted by molar-refractivity contribution is 0.662. The minimum atomic E-state index is -0.196. The number of hydrogen-bond acceptors (Lipinski definition) is 0. The number of fused-ring (bicyclic) bond motifs is 16. The molecule has 2 nitrogen and oxygen atoms in total. The number of para-hydroxylation sites is 4. The van der Waals surface area contributed by atoms with Gasteiger partial charge in [-0.3, -0.25) is 0 Å². The minimum absolute atomic E-state index is 0.196. The van der Waals surface area contributed by atoms with Crippen LogP contribution in [0.2, 0.25) is 0 Å². The van der Waals surface area contributed by atoms with Crippen molar-refractivity contribution in [3.8, 4) is 50.2 Å². The van der Waals surface area contributed by atoms with Gasteiger partial charge in [0, 0.05) is 44.2 Å². The Kier molecular flexibility index (Phi) is 6.97. The number of nitrogens with zero attached hydrogens (tertiary/aromatic N) is 2. The molecule has 0 atom stereocenters. The molecule has 3 aromatic heterocycles. The maximum absolute atomic E-state index is 2.55. The summed E-state index contributed by atoms with van der Waals surface area (Å²) in [7, 11) is 0. The van der Waals surface area contributed by atoms with Crippen molar-refractivity contribution in [3.05, 3.63) is 229 Å². The highest BCUT2D eigenvalue weighted by Crippen LogP contribution is 2.55. The highest BCUT2D eigenvalue weighted by molar-refractivity contribution is 6.28. The van der Waals surface area contributed by atoms with Crippen LogP contribution >= 0.6 is 0 Å². The quantitative estimate of drug-likeness (QED) is 0.157. The van der Waals surface area contributed by atoms with Gasteiger partial charge in [0.2, 0.25) is 0 Å². The minimum Gasteiger partial charge on any atom is -0.309 e. The Balaban J connectivity index is 1.04. The third kappa shape index (κ3) is 4.48. The molecule has 0 unspecified atom stereocenters. The van der Waals surface area contributed by atoms with Gasteiger partial charge in [-0.15, -0.1) is 0 Å². The van der Waals surface area contributed by atoms with Crippen LogP contribution in [0.5, 0.6) is 0 Å². The number of hydrogen-bond donors (Lipinski definition) is 0. The van der Waals surface area contributed by atoms with Crippen molar-refractivity contribution in [2.75, 3.05) is 0 Å². The highest BCUT2D eigenvalue weighted by atomic mass is 15.0. The molecular weight excluding hydrogens is 821 g/mol. The molecule has 0 N–H and O–H groups in total. The monoisotopic (exact) mass is 862 g/mol. The number of rotatable bonds is 3. The fraction of sp³-hybridized carbons (Fsp3) is 0.0606. The van der Waals surface area contributed by atoms with E-state index in [1.54, 1.807) is 0 Å². The van der Waals surface area contributed by atoms with Crippen molar-refractivity contribution in [3.63, 3.8) is 0 Å². The van der Waals surface area contributed by atoms with Gasteiger partial charge in [0.25, 0.3) is 0 Å². The second kappa shape index (κ2) is 12.9. The van der Waals surface area contributed by atoms with Gasteiger partial charge in [-0.2, -0.15) is 0 Å². The number of aromatic nitrogens is 2. The zero-order chi connectivity index (χ0) is 44.6. The molecule has 16 rings (SSSR count). The summed E-state index contributed by atoms with van der Waals surface area (Å²) < 4.78 is 5.05. The second-order valence-electron chi connectivity index (χ2n) is 19.9. The molecule has 1 aliphatic heterocycles. The van der Waals surface area contributed by atoms with Crippen LogP contribution in [0.4, 0.5) is 0 Å². The van der Waals surface area contributed by atoms with E-state index in [1.165, 1.54) is 154 Å². The summed E-state index contributed by atoms with van der Waals surface area (Å²) in [4.78, 5) is 0.